The molecule has 0 bridgehead atoms. The first-order chi connectivity index (χ1) is 17.8. The second kappa shape index (κ2) is 10.8. The van der Waals surface area contributed by atoms with Gasteiger partial charge in [-0.2, -0.15) is 0 Å². The Hall–Kier alpha value is -3.01. The molecule has 1 saturated heterocycles. The molecule has 2 aliphatic rings. The molecule has 198 valence electrons. The first-order valence-corrected chi connectivity index (χ1v) is 13.2. The molecule has 0 amide bonds. The number of benzene rings is 1. The van der Waals surface area contributed by atoms with E-state index < -0.39 is 18.1 Å². The van der Waals surface area contributed by atoms with Gasteiger partial charge in [-0.25, -0.2) is 4.98 Å². The molecular weight excluding hydrogens is 472 g/mol. The van der Waals surface area contributed by atoms with Crippen LogP contribution in [-0.4, -0.2) is 56.2 Å². The summed E-state index contributed by atoms with van der Waals surface area (Å²) < 4.78 is 15.2. The summed E-state index contributed by atoms with van der Waals surface area (Å²) in [5, 5.41) is 13.4. The van der Waals surface area contributed by atoms with Crippen LogP contribution in [0.3, 0.4) is 0 Å². The maximum absolute atomic E-state index is 12.6. The van der Waals surface area contributed by atoms with Crippen LogP contribution in [0, 0.1) is 6.92 Å². The van der Waals surface area contributed by atoms with Gasteiger partial charge >= 0.3 is 5.97 Å². The van der Waals surface area contributed by atoms with Gasteiger partial charge in [-0.15, -0.1) is 0 Å². The van der Waals surface area contributed by atoms with E-state index in [1.54, 1.807) is 18.5 Å². The summed E-state index contributed by atoms with van der Waals surface area (Å²) in [6.07, 6.45) is 5.96. The highest BCUT2D eigenvalue weighted by Crippen LogP contribution is 2.28. The van der Waals surface area contributed by atoms with Crippen molar-refractivity contribution in [2.24, 2.45) is 7.05 Å². The molecule has 3 atom stereocenters. The van der Waals surface area contributed by atoms with Crippen LogP contribution in [0.2, 0.25) is 0 Å². The first-order valence-electron chi connectivity index (χ1n) is 13.2. The number of imidazole rings is 1. The summed E-state index contributed by atoms with van der Waals surface area (Å²) in [5.41, 5.74) is 4.27. The van der Waals surface area contributed by atoms with Gasteiger partial charge in [-0.3, -0.25) is 14.9 Å². The number of aliphatic hydroxyl groups is 1. The third kappa shape index (κ3) is 5.49. The van der Waals surface area contributed by atoms with Crippen LogP contribution in [0.1, 0.15) is 50.2 Å². The molecule has 2 aromatic heterocycles. The van der Waals surface area contributed by atoms with E-state index in [4.69, 9.17) is 14.5 Å². The van der Waals surface area contributed by atoms with Crippen LogP contribution in [0.4, 0.5) is 0 Å². The SMILES string of the molecule is Cc1cc(-c2nc3cc(CNC(C(=O)OC4CCC4)C(C)O)ccc3n2C[C@@H]2CCCO2)cn(C)c1=O. The van der Waals surface area contributed by atoms with Crippen molar-refractivity contribution in [3.8, 4) is 11.4 Å². The lowest BCUT2D eigenvalue weighted by Crippen LogP contribution is -2.47. The fraction of sp³-hybridized carbons (Fsp3) is 0.536. The molecule has 1 saturated carbocycles. The predicted octanol–water partition coefficient (Wildman–Crippen LogP) is 2.82. The molecule has 37 heavy (non-hydrogen) atoms. The Morgan fingerprint density at radius 2 is 2.08 bits per heavy atom. The van der Waals surface area contributed by atoms with Crippen LogP contribution in [0.25, 0.3) is 22.4 Å². The number of aromatic nitrogens is 3. The monoisotopic (exact) mass is 508 g/mol. The van der Waals surface area contributed by atoms with Gasteiger partial charge in [-0.05, 0) is 69.7 Å². The maximum atomic E-state index is 12.6. The van der Waals surface area contributed by atoms with E-state index in [9.17, 15) is 14.7 Å². The number of rotatable bonds is 9. The number of hydrogen-bond acceptors (Lipinski definition) is 7. The molecule has 5 rings (SSSR count). The highest BCUT2D eigenvalue weighted by atomic mass is 16.5. The van der Waals surface area contributed by atoms with E-state index in [0.717, 1.165) is 66.7 Å². The van der Waals surface area contributed by atoms with Gasteiger partial charge in [-0.1, -0.05) is 6.07 Å². The van der Waals surface area contributed by atoms with Gasteiger partial charge in [0.05, 0.1) is 29.8 Å². The zero-order chi connectivity index (χ0) is 26.1. The molecule has 1 aromatic carbocycles. The summed E-state index contributed by atoms with van der Waals surface area (Å²) in [5.74, 6) is 0.384. The molecule has 2 fully saturated rings. The van der Waals surface area contributed by atoms with E-state index in [1.165, 1.54) is 0 Å². The minimum Gasteiger partial charge on any atom is -0.461 e. The van der Waals surface area contributed by atoms with Gasteiger partial charge in [0.25, 0.3) is 5.56 Å². The van der Waals surface area contributed by atoms with E-state index >= 15 is 0 Å². The normalized spacial score (nSPS) is 19.6. The fourth-order valence-corrected chi connectivity index (χ4v) is 5.09. The second-order valence-electron chi connectivity index (χ2n) is 10.4. The lowest BCUT2D eigenvalue weighted by molar-refractivity contribution is -0.158. The Morgan fingerprint density at radius 1 is 1.27 bits per heavy atom. The predicted molar refractivity (Wildman–Crippen MR) is 140 cm³/mol. The van der Waals surface area contributed by atoms with E-state index in [2.05, 4.69) is 9.88 Å². The topological polar surface area (TPSA) is 108 Å². The minimum absolute atomic E-state index is 0.0256. The number of nitrogens with one attached hydrogen (secondary N) is 1. The van der Waals surface area contributed by atoms with Gasteiger partial charge in [0.15, 0.2) is 0 Å². The number of hydrogen-bond donors (Lipinski definition) is 2. The maximum Gasteiger partial charge on any atom is 0.326 e. The van der Waals surface area contributed by atoms with Crippen LogP contribution in [0.5, 0.6) is 0 Å². The Kier molecular flexibility index (Phi) is 7.46. The molecule has 0 radical (unpaired) electrons. The average Bonchev–Trinajstić information content (AvgIpc) is 3.47. The van der Waals surface area contributed by atoms with E-state index in [-0.39, 0.29) is 17.8 Å². The number of aliphatic hydroxyl groups excluding tert-OH is 1. The number of ether oxygens (including phenoxy) is 2. The van der Waals surface area contributed by atoms with Crippen molar-refractivity contribution in [2.75, 3.05) is 6.61 Å². The molecule has 1 aliphatic heterocycles. The molecule has 0 spiro atoms. The zero-order valence-corrected chi connectivity index (χ0v) is 21.8. The fourth-order valence-electron chi connectivity index (χ4n) is 5.09. The first kappa shape index (κ1) is 25.6. The Labute approximate surface area is 216 Å². The van der Waals surface area contributed by atoms with Crippen LogP contribution < -0.4 is 10.9 Å². The molecule has 3 aromatic rings. The molecule has 1 aliphatic carbocycles. The lowest BCUT2D eigenvalue weighted by atomic mass is 9.96. The van der Waals surface area contributed by atoms with Gasteiger partial charge in [0, 0.05) is 37.5 Å². The van der Waals surface area contributed by atoms with E-state index in [0.29, 0.717) is 18.7 Å². The second-order valence-corrected chi connectivity index (χ2v) is 10.4. The Bertz CT molecular complexity index is 1310. The van der Waals surface area contributed by atoms with Gasteiger partial charge in [0.2, 0.25) is 0 Å². The summed E-state index contributed by atoms with van der Waals surface area (Å²) in [4.78, 5) is 29.8. The number of carbonyl (C=O) groups excluding carboxylic acids is 1. The number of esters is 1. The van der Waals surface area contributed by atoms with Crippen molar-refractivity contribution in [2.45, 2.75) is 83.4 Å². The van der Waals surface area contributed by atoms with Crippen LogP contribution in [-0.2, 0) is 34.4 Å². The van der Waals surface area contributed by atoms with Crippen LogP contribution >= 0.6 is 0 Å². The van der Waals surface area contributed by atoms with Crippen molar-refractivity contribution >= 4 is 17.0 Å². The third-order valence-electron chi connectivity index (χ3n) is 7.44. The summed E-state index contributed by atoms with van der Waals surface area (Å²) >= 11 is 0. The highest BCUT2D eigenvalue weighted by molar-refractivity contribution is 5.81. The highest BCUT2D eigenvalue weighted by Gasteiger charge is 2.30. The number of nitrogens with zero attached hydrogens (tertiary/aromatic N) is 3. The smallest absolute Gasteiger partial charge is 0.326 e. The van der Waals surface area contributed by atoms with Crippen LogP contribution in [0.15, 0.2) is 35.3 Å². The molecule has 2 unspecified atom stereocenters. The number of aryl methyl sites for hydroxylation is 2. The zero-order valence-electron chi connectivity index (χ0n) is 21.8. The molecular formula is C28H36N4O5. The Balaban J connectivity index is 1.43. The van der Waals surface area contributed by atoms with Gasteiger partial charge in [0.1, 0.15) is 18.0 Å². The summed E-state index contributed by atoms with van der Waals surface area (Å²) in [6.45, 7) is 5.25. The lowest BCUT2D eigenvalue weighted by Gasteiger charge is -2.28. The molecule has 9 nitrogen and oxygen atoms in total. The average molecular weight is 509 g/mol. The largest absolute Gasteiger partial charge is 0.461 e. The summed E-state index contributed by atoms with van der Waals surface area (Å²) in [7, 11) is 1.75. The van der Waals surface area contributed by atoms with Crippen molar-refractivity contribution in [3.05, 3.63) is 51.9 Å². The Morgan fingerprint density at radius 3 is 2.73 bits per heavy atom. The summed E-state index contributed by atoms with van der Waals surface area (Å²) in [6, 6.07) is 7.14. The number of fused-ring (bicyclic) bond motifs is 1. The van der Waals surface area contributed by atoms with Crippen molar-refractivity contribution in [3.63, 3.8) is 0 Å². The van der Waals surface area contributed by atoms with Gasteiger partial charge < -0.3 is 23.7 Å². The third-order valence-corrected chi connectivity index (χ3v) is 7.44. The van der Waals surface area contributed by atoms with Crippen molar-refractivity contribution in [1.82, 2.24) is 19.4 Å². The van der Waals surface area contributed by atoms with Crippen molar-refractivity contribution in [1.29, 1.82) is 0 Å². The molecule has 3 heterocycles. The number of carbonyl (C=O) groups is 1. The molecule has 9 heteroatoms. The minimum atomic E-state index is -0.874. The van der Waals surface area contributed by atoms with E-state index in [1.807, 2.05) is 37.4 Å². The van der Waals surface area contributed by atoms with Crippen molar-refractivity contribution < 1.29 is 19.4 Å². The quantitative estimate of drug-likeness (QED) is 0.428. The number of pyridine rings is 1. The molecule has 2 N–H and O–H groups in total. The standard InChI is InChI=1S/C28H36N4O5/c1-17-12-20(15-31(3)27(17)34)26-30-23-13-19(9-10-24(23)32(26)16-22-8-5-11-36-22)14-29-25(18(2)33)28(35)37-21-6-4-7-21/h9-10,12-13,15,18,21-22,25,29,33H,4-8,11,14,16H2,1-3H3/t18?,22-,25?/m0/s1.